The highest BCUT2D eigenvalue weighted by atomic mass is 31.2. The van der Waals surface area contributed by atoms with E-state index in [2.05, 4.69) is 66.5 Å². The number of nitrogens with one attached hydrogen (secondary N) is 2. The quantitative estimate of drug-likeness (QED) is 0.0554. The molecule has 0 radical (unpaired) electrons. The van der Waals surface area contributed by atoms with Crippen LogP contribution in [0.15, 0.2) is 114 Å². The normalized spacial score (nSPS) is 17.0. The lowest BCUT2D eigenvalue weighted by molar-refractivity contribution is -0.118. The molecular formula is C49H59N6O9P. The number of benzene rings is 4. The van der Waals surface area contributed by atoms with Crippen LogP contribution in [-0.2, 0) is 28.9 Å². The number of aromatic amines is 1. The number of anilines is 1. The number of nitrogens with zero attached hydrogens (tertiary/aromatic N) is 4. The Bertz CT molecular complexity index is 2480. The average Bonchev–Trinajstić information content (AvgIpc) is 3.93. The second-order valence-corrected chi connectivity index (χ2v) is 18.1. The first kappa shape index (κ1) is 47.3. The van der Waals surface area contributed by atoms with Crippen molar-refractivity contribution in [2.24, 2.45) is 0 Å². The molecule has 7 rings (SSSR count). The van der Waals surface area contributed by atoms with Crippen LogP contribution in [-0.4, -0.2) is 88.9 Å². The number of carbonyl (C=O) groups excluding carboxylic acids is 1. The van der Waals surface area contributed by atoms with Crippen molar-refractivity contribution >= 4 is 31.5 Å². The molecule has 0 bridgehead atoms. The summed E-state index contributed by atoms with van der Waals surface area (Å²) in [7, 11) is 3.36. The van der Waals surface area contributed by atoms with Gasteiger partial charge < -0.3 is 32.7 Å². The molecule has 1 unspecified atom stereocenters. The lowest BCUT2D eigenvalue weighted by atomic mass is 9.80. The lowest BCUT2D eigenvalue weighted by Crippen LogP contribution is -2.39. The molecule has 4 aromatic carbocycles. The molecule has 2 aromatic heterocycles. The van der Waals surface area contributed by atoms with Gasteiger partial charge in [-0.05, 0) is 92.3 Å². The second-order valence-electron chi connectivity index (χ2n) is 16.6. The maximum absolute atomic E-state index is 13.4. The molecule has 16 heteroatoms. The number of imidazole rings is 1. The smallest absolute Gasteiger partial charge is 0.280 e. The van der Waals surface area contributed by atoms with E-state index in [0.29, 0.717) is 29.6 Å². The van der Waals surface area contributed by atoms with Crippen LogP contribution in [0.25, 0.3) is 11.2 Å². The van der Waals surface area contributed by atoms with Gasteiger partial charge in [0.25, 0.3) is 20.0 Å². The van der Waals surface area contributed by atoms with Gasteiger partial charge >= 0.3 is 0 Å². The van der Waals surface area contributed by atoms with E-state index in [0.717, 1.165) is 22.3 Å². The SMILES string of the molecule is COc1ccc(C(OC[C@H]2O[C@@H](n3cnc4c(=O)[nH]c(NC(=O)COc5ccc(C(C)C)cc5)nc43)C[C@H]2OP(OC)N(C(C)C)C(C)C)(c2ccccc2)c2ccc(OC)cc2)cc1. The monoisotopic (exact) mass is 906 g/mol. The largest absolute Gasteiger partial charge is 0.497 e. The number of carbonyl (C=O) groups is 1. The molecule has 6 aromatic rings. The second kappa shape index (κ2) is 21.1. The zero-order valence-electron chi connectivity index (χ0n) is 38.4. The summed E-state index contributed by atoms with van der Waals surface area (Å²) in [4.78, 5) is 38.2. The first-order valence-electron chi connectivity index (χ1n) is 21.8. The van der Waals surface area contributed by atoms with Gasteiger partial charge in [0.15, 0.2) is 17.8 Å². The van der Waals surface area contributed by atoms with Crippen molar-refractivity contribution in [2.45, 2.75) is 90.0 Å². The fraction of sp³-hybridized carbons (Fsp3) is 0.388. The molecular weight excluding hydrogens is 848 g/mol. The Balaban J connectivity index is 1.22. The molecule has 0 saturated carbocycles. The lowest BCUT2D eigenvalue weighted by Gasteiger charge is -2.38. The zero-order chi connectivity index (χ0) is 46.3. The van der Waals surface area contributed by atoms with Crippen LogP contribution < -0.4 is 25.1 Å². The number of amides is 1. The van der Waals surface area contributed by atoms with Crippen molar-refractivity contribution in [1.82, 2.24) is 24.2 Å². The Labute approximate surface area is 381 Å². The van der Waals surface area contributed by atoms with E-state index in [9.17, 15) is 9.59 Å². The number of aromatic nitrogens is 4. The summed E-state index contributed by atoms with van der Waals surface area (Å²) >= 11 is 0. The molecule has 1 aliphatic rings. The maximum Gasteiger partial charge on any atom is 0.280 e. The Kier molecular flexibility index (Phi) is 15.4. The Hall–Kier alpha value is -5.67. The maximum atomic E-state index is 13.4. The standard InChI is InChI=1S/C49H59N6O9P/c1-31(2)34-15-21-40(22-16-34)61-29-43(56)51-48-52-46-45(47(57)53-48)50-30-54(46)44-27-41(64-65(60-9)55(32(3)4)33(5)6)42(63-44)28-62-49(35-13-11-10-12-14-35,36-17-23-38(58-7)24-18-36)37-19-25-39(59-8)26-20-37/h10-26,30-33,41-42,44H,27-29H2,1-9H3,(H2,51,52,53,56,57)/t41-,42-,44-,65?/m1/s1. The summed E-state index contributed by atoms with van der Waals surface area (Å²) in [6, 6.07) is 33.5. The number of methoxy groups -OCH3 is 2. The van der Waals surface area contributed by atoms with Crippen LogP contribution in [0.2, 0.25) is 0 Å². The average molecular weight is 907 g/mol. The van der Waals surface area contributed by atoms with E-state index in [-0.39, 0.29) is 42.4 Å². The molecule has 3 heterocycles. The molecule has 15 nitrogen and oxygen atoms in total. The van der Waals surface area contributed by atoms with Crippen LogP contribution in [0.1, 0.15) is 82.4 Å². The summed E-state index contributed by atoms with van der Waals surface area (Å²) in [6.07, 6.45) is -0.0800. The number of ether oxygens (including phenoxy) is 5. The third-order valence-electron chi connectivity index (χ3n) is 11.4. The highest BCUT2D eigenvalue weighted by Gasteiger charge is 2.45. The molecule has 1 fully saturated rings. The van der Waals surface area contributed by atoms with Crippen LogP contribution in [0.5, 0.6) is 17.2 Å². The summed E-state index contributed by atoms with van der Waals surface area (Å²) < 4.78 is 48.1. The van der Waals surface area contributed by atoms with Gasteiger partial charge in [0.2, 0.25) is 5.95 Å². The third kappa shape index (κ3) is 10.6. The van der Waals surface area contributed by atoms with Gasteiger partial charge in [-0.2, -0.15) is 4.98 Å². The van der Waals surface area contributed by atoms with Gasteiger partial charge in [-0.3, -0.25) is 24.5 Å². The number of H-pyrrole nitrogens is 1. The van der Waals surface area contributed by atoms with Crippen molar-refractivity contribution in [2.75, 3.05) is 39.9 Å². The molecule has 1 aliphatic heterocycles. The highest BCUT2D eigenvalue weighted by Crippen LogP contribution is 2.50. The molecule has 0 spiro atoms. The van der Waals surface area contributed by atoms with Crippen LogP contribution in [0.3, 0.4) is 0 Å². The minimum Gasteiger partial charge on any atom is -0.497 e. The van der Waals surface area contributed by atoms with Crippen molar-refractivity contribution in [3.8, 4) is 17.2 Å². The van der Waals surface area contributed by atoms with E-state index in [1.165, 1.54) is 6.33 Å². The summed E-state index contributed by atoms with van der Waals surface area (Å²) in [5, 5.41) is 2.67. The minimum absolute atomic E-state index is 0.0577. The van der Waals surface area contributed by atoms with Crippen molar-refractivity contribution in [3.63, 3.8) is 0 Å². The van der Waals surface area contributed by atoms with E-state index < -0.39 is 44.0 Å². The highest BCUT2D eigenvalue weighted by molar-refractivity contribution is 7.44. The first-order valence-corrected chi connectivity index (χ1v) is 22.9. The van der Waals surface area contributed by atoms with Crippen LogP contribution in [0, 0.1) is 0 Å². The molecule has 0 aliphatic carbocycles. The zero-order valence-corrected chi connectivity index (χ0v) is 39.3. The van der Waals surface area contributed by atoms with E-state index >= 15 is 0 Å². The number of hydrogen-bond acceptors (Lipinski definition) is 12. The van der Waals surface area contributed by atoms with E-state index in [1.807, 2.05) is 103 Å². The number of hydrogen-bond donors (Lipinski definition) is 2. The predicted molar refractivity (Wildman–Crippen MR) is 251 cm³/mol. The van der Waals surface area contributed by atoms with Gasteiger partial charge in [-0.1, -0.05) is 80.6 Å². The van der Waals surface area contributed by atoms with Gasteiger partial charge in [0, 0.05) is 25.6 Å². The fourth-order valence-corrected chi connectivity index (χ4v) is 9.75. The van der Waals surface area contributed by atoms with Gasteiger partial charge in [0.1, 0.15) is 35.2 Å². The Morgan fingerprint density at radius 2 is 1.43 bits per heavy atom. The number of rotatable bonds is 20. The molecule has 1 saturated heterocycles. The third-order valence-corrected chi connectivity index (χ3v) is 13.4. The first-order chi connectivity index (χ1) is 31.3. The summed E-state index contributed by atoms with van der Waals surface area (Å²) in [5.41, 5.74) is 2.40. The van der Waals surface area contributed by atoms with E-state index in [1.54, 1.807) is 25.9 Å². The van der Waals surface area contributed by atoms with Crippen LogP contribution in [0.4, 0.5) is 5.95 Å². The topological polar surface area (TPSA) is 161 Å². The van der Waals surface area contributed by atoms with Crippen molar-refractivity contribution in [3.05, 3.63) is 142 Å². The number of fused-ring (bicyclic) bond motifs is 1. The molecule has 1 amide bonds. The minimum atomic E-state index is -1.56. The summed E-state index contributed by atoms with van der Waals surface area (Å²) in [6.45, 7) is 12.4. The fourth-order valence-electron chi connectivity index (χ4n) is 8.16. The van der Waals surface area contributed by atoms with Gasteiger partial charge in [0.05, 0.1) is 33.3 Å². The van der Waals surface area contributed by atoms with Crippen molar-refractivity contribution < 1.29 is 37.5 Å². The van der Waals surface area contributed by atoms with Gasteiger partial charge in [-0.25, -0.2) is 9.65 Å². The molecule has 2 N–H and O–H groups in total. The van der Waals surface area contributed by atoms with Crippen LogP contribution >= 0.6 is 8.53 Å². The summed E-state index contributed by atoms with van der Waals surface area (Å²) in [5.74, 6) is 1.76. The van der Waals surface area contributed by atoms with E-state index in [4.69, 9.17) is 32.7 Å². The Morgan fingerprint density at radius 3 is 1.98 bits per heavy atom. The molecule has 65 heavy (non-hydrogen) atoms. The predicted octanol–water partition coefficient (Wildman–Crippen LogP) is 8.95. The Morgan fingerprint density at radius 1 is 0.846 bits per heavy atom. The van der Waals surface area contributed by atoms with Gasteiger partial charge in [-0.15, -0.1) is 0 Å². The molecule has 344 valence electrons. The van der Waals surface area contributed by atoms with Crippen molar-refractivity contribution in [1.29, 1.82) is 0 Å². The molecule has 4 atom stereocenters.